The van der Waals surface area contributed by atoms with Crippen LogP contribution >= 0.6 is 15.9 Å². The van der Waals surface area contributed by atoms with Crippen LogP contribution in [-0.4, -0.2) is 18.2 Å². The molecule has 1 N–H and O–H groups in total. The van der Waals surface area contributed by atoms with E-state index in [2.05, 4.69) is 45.5 Å². The van der Waals surface area contributed by atoms with Crippen molar-refractivity contribution in [1.29, 1.82) is 0 Å². The number of nitrogens with one attached hydrogen (secondary N) is 1. The largest absolute Gasteiger partial charge is 0.444 e. The number of amides is 1. The van der Waals surface area contributed by atoms with Gasteiger partial charge in [0.25, 0.3) is 0 Å². The summed E-state index contributed by atoms with van der Waals surface area (Å²) in [4.78, 5) is 11.5. The molecule has 0 heterocycles. The first-order valence-corrected chi connectivity index (χ1v) is 7.97. The van der Waals surface area contributed by atoms with Crippen LogP contribution in [0.25, 0.3) is 16.8 Å². The van der Waals surface area contributed by atoms with Crippen molar-refractivity contribution >= 4 is 38.9 Å². The van der Waals surface area contributed by atoms with E-state index in [0.717, 1.165) is 10.0 Å². The van der Waals surface area contributed by atoms with Crippen LogP contribution in [0.5, 0.6) is 0 Å². The average Bonchev–Trinajstić information content (AvgIpc) is 2.44. The average molecular weight is 362 g/mol. The fourth-order valence-electron chi connectivity index (χ4n) is 2.02. The molecule has 3 nitrogen and oxygen atoms in total. The van der Waals surface area contributed by atoms with Gasteiger partial charge in [0.2, 0.25) is 0 Å². The SMILES string of the molecule is CC(C)(C)OC(=O)NCC=Cc1ccc2ccccc2c1Br. The molecule has 2 rings (SSSR count). The maximum Gasteiger partial charge on any atom is 0.407 e. The number of rotatable bonds is 3. The minimum absolute atomic E-state index is 0.408. The Morgan fingerprint density at radius 2 is 1.95 bits per heavy atom. The topological polar surface area (TPSA) is 38.3 Å². The first-order valence-electron chi connectivity index (χ1n) is 7.17. The molecule has 2 aromatic carbocycles. The Balaban J connectivity index is 1.99. The molecule has 0 saturated heterocycles. The second kappa shape index (κ2) is 6.97. The molecule has 0 aromatic heterocycles. The molecule has 0 radical (unpaired) electrons. The van der Waals surface area contributed by atoms with Gasteiger partial charge in [-0.25, -0.2) is 4.79 Å². The quantitative estimate of drug-likeness (QED) is 0.821. The Kier molecular flexibility index (Phi) is 5.24. The lowest BCUT2D eigenvalue weighted by Crippen LogP contribution is -2.32. The van der Waals surface area contributed by atoms with Gasteiger partial charge in [-0.1, -0.05) is 48.6 Å². The van der Waals surface area contributed by atoms with E-state index in [-0.39, 0.29) is 0 Å². The van der Waals surface area contributed by atoms with Gasteiger partial charge in [-0.3, -0.25) is 0 Å². The third kappa shape index (κ3) is 4.60. The number of fused-ring (bicyclic) bond motifs is 1. The minimum Gasteiger partial charge on any atom is -0.444 e. The zero-order valence-electron chi connectivity index (χ0n) is 13.0. The third-order valence-corrected chi connectivity index (χ3v) is 3.84. The molecule has 0 atom stereocenters. The molecular formula is C18H20BrNO2. The van der Waals surface area contributed by atoms with E-state index < -0.39 is 11.7 Å². The number of hydrogen-bond donors (Lipinski definition) is 1. The number of benzene rings is 2. The first-order chi connectivity index (χ1) is 10.4. The van der Waals surface area contributed by atoms with Crippen molar-refractivity contribution in [3.63, 3.8) is 0 Å². The molecule has 0 bridgehead atoms. The van der Waals surface area contributed by atoms with Gasteiger partial charge < -0.3 is 10.1 Å². The van der Waals surface area contributed by atoms with Crippen LogP contribution < -0.4 is 5.32 Å². The highest BCUT2D eigenvalue weighted by Crippen LogP contribution is 2.28. The second-order valence-corrected chi connectivity index (χ2v) is 6.77. The van der Waals surface area contributed by atoms with E-state index in [9.17, 15) is 4.79 Å². The molecule has 0 unspecified atom stereocenters. The summed E-state index contributed by atoms with van der Waals surface area (Å²) < 4.78 is 6.23. The van der Waals surface area contributed by atoms with Crippen molar-refractivity contribution in [2.45, 2.75) is 26.4 Å². The summed E-state index contributed by atoms with van der Waals surface area (Å²) in [6, 6.07) is 12.3. The molecule has 0 aliphatic heterocycles. The summed E-state index contributed by atoms with van der Waals surface area (Å²) in [5.74, 6) is 0. The van der Waals surface area contributed by atoms with Gasteiger partial charge in [0, 0.05) is 11.0 Å². The summed E-state index contributed by atoms with van der Waals surface area (Å²) >= 11 is 3.64. The Hall–Kier alpha value is -1.81. The van der Waals surface area contributed by atoms with Crippen molar-refractivity contribution < 1.29 is 9.53 Å². The highest BCUT2D eigenvalue weighted by Gasteiger charge is 2.14. The highest BCUT2D eigenvalue weighted by atomic mass is 79.9. The molecule has 116 valence electrons. The van der Waals surface area contributed by atoms with Gasteiger partial charge in [-0.15, -0.1) is 0 Å². The summed E-state index contributed by atoms with van der Waals surface area (Å²) in [6.45, 7) is 5.95. The Morgan fingerprint density at radius 3 is 2.68 bits per heavy atom. The molecule has 22 heavy (non-hydrogen) atoms. The van der Waals surface area contributed by atoms with Gasteiger partial charge in [0.05, 0.1) is 0 Å². The molecule has 0 saturated carbocycles. The molecule has 0 fully saturated rings. The number of carbonyl (C=O) groups excluding carboxylic acids is 1. The van der Waals surface area contributed by atoms with Crippen LogP contribution in [0.3, 0.4) is 0 Å². The zero-order valence-corrected chi connectivity index (χ0v) is 14.6. The van der Waals surface area contributed by atoms with Crippen molar-refractivity contribution in [2.24, 2.45) is 0 Å². The zero-order chi connectivity index (χ0) is 16.2. The number of hydrogen-bond acceptors (Lipinski definition) is 2. The van der Waals surface area contributed by atoms with Crippen LogP contribution in [-0.2, 0) is 4.74 Å². The van der Waals surface area contributed by atoms with Crippen molar-refractivity contribution in [3.05, 3.63) is 52.5 Å². The van der Waals surface area contributed by atoms with Gasteiger partial charge in [-0.05, 0) is 53.0 Å². The van der Waals surface area contributed by atoms with Gasteiger partial charge in [0.15, 0.2) is 0 Å². The maximum atomic E-state index is 11.5. The Labute approximate surface area is 139 Å². The lowest BCUT2D eigenvalue weighted by Gasteiger charge is -2.19. The molecule has 4 heteroatoms. The fourth-order valence-corrected chi connectivity index (χ4v) is 2.65. The van der Waals surface area contributed by atoms with E-state index in [1.165, 1.54) is 10.8 Å². The molecule has 0 aliphatic carbocycles. The summed E-state index contributed by atoms with van der Waals surface area (Å²) in [7, 11) is 0. The van der Waals surface area contributed by atoms with Crippen molar-refractivity contribution in [2.75, 3.05) is 6.54 Å². The van der Waals surface area contributed by atoms with E-state index in [1.54, 1.807) is 0 Å². The summed E-state index contributed by atoms with van der Waals surface area (Å²) in [5, 5.41) is 5.07. The van der Waals surface area contributed by atoms with Crippen LogP contribution in [0, 0.1) is 0 Å². The summed E-state index contributed by atoms with van der Waals surface area (Å²) in [6.07, 6.45) is 3.47. The predicted molar refractivity (Wildman–Crippen MR) is 94.9 cm³/mol. The van der Waals surface area contributed by atoms with Gasteiger partial charge >= 0.3 is 6.09 Å². The second-order valence-electron chi connectivity index (χ2n) is 5.98. The Bertz CT molecular complexity index is 702. The number of ether oxygens (including phenoxy) is 1. The molecule has 0 spiro atoms. The van der Waals surface area contributed by atoms with E-state index in [1.807, 2.05) is 45.1 Å². The van der Waals surface area contributed by atoms with Crippen LogP contribution in [0.2, 0.25) is 0 Å². The number of alkyl carbamates (subject to hydrolysis) is 1. The number of halogens is 1. The van der Waals surface area contributed by atoms with Crippen LogP contribution in [0.15, 0.2) is 46.9 Å². The lowest BCUT2D eigenvalue weighted by atomic mass is 10.1. The highest BCUT2D eigenvalue weighted by molar-refractivity contribution is 9.10. The predicted octanol–water partition coefficient (Wildman–Crippen LogP) is 5.14. The van der Waals surface area contributed by atoms with E-state index >= 15 is 0 Å². The van der Waals surface area contributed by atoms with Gasteiger partial charge in [-0.2, -0.15) is 0 Å². The van der Waals surface area contributed by atoms with Gasteiger partial charge in [0.1, 0.15) is 5.60 Å². The monoisotopic (exact) mass is 361 g/mol. The fraction of sp³-hybridized carbons (Fsp3) is 0.278. The minimum atomic E-state index is -0.477. The number of carbonyl (C=O) groups is 1. The van der Waals surface area contributed by atoms with E-state index in [4.69, 9.17) is 4.74 Å². The lowest BCUT2D eigenvalue weighted by molar-refractivity contribution is 0.0534. The Morgan fingerprint density at radius 1 is 1.23 bits per heavy atom. The molecule has 2 aromatic rings. The standard InChI is InChI=1S/C18H20BrNO2/c1-18(2,3)22-17(21)20-12-6-8-14-11-10-13-7-4-5-9-15(13)16(14)19/h4-11H,12H2,1-3H3,(H,20,21). The maximum absolute atomic E-state index is 11.5. The van der Waals surface area contributed by atoms with E-state index in [0.29, 0.717) is 6.54 Å². The first kappa shape index (κ1) is 16.6. The van der Waals surface area contributed by atoms with Crippen molar-refractivity contribution in [1.82, 2.24) is 5.32 Å². The van der Waals surface area contributed by atoms with Crippen LogP contribution in [0.4, 0.5) is 4.79 Å². The van der Waals surface area contributed by atoms with Crippen molar-refractivity contribution in [3.8, 4) is 0 Å². The molecular weight excluding hydrogens is 342 g/mol. The van der Waals surface area contributed by atoms with Crippen LogP contribution in [0.1, 0.15) is 26.3 Å². The normalized spacial score (nSPS) is 11.8. The summed E-state index contributed by atoms with van der Waals surface area (Å²) in [5.41, 5.74) is 0.597. The smallest absolute Gasteiger partial charge is 0.407 e. The third-order valence-electron chi connectivity index (χ3n) is 2.95. The molecule has 1 amide bonds. The molecule has 0 aliphatic rings.